The summed E-state index contributed by atoms with van der Waals surface area (Å²) in [5.74, 6) is -0.774. The summed E-state index contributed by atoms with van der Waals surface area (Å²) in [5.41, 5.74) is 0.408. The summed E-state index contributed by atoms with van der Waals surface area (Å²) in [6.45, 7) is 2.16. The van der Waals surface area contributed by atoms with Gasteiger partial charge in [0.1, 0.15) is 11.6 Å². The number of carbonyl (C=O) groups is 1. The maximum Gasteiger partial charge on any atom is 0.292 e. The normalized spacial score (nSPS) is 8.87. The first-order valence-electron chi connectivity index (χ1n) is 4.16. The van der Waals surface area contributed by atoms with E-state index in [0.717, 1.165) is 6.07 Å². The topological polar surface area (TPSA) is 26.3 Å². The van der Waals surface area contributed by atoms with Gasteiger partial charge in [0, 0.05) is 0 Å². The van der Waals surface area contributed by atoms with Crippen LogP contribution in [0.15, 0.2) is 16.6 Å². The van der Waals surface area contributed by atoms with Gasteiger partial charge in [-0.1, -0.05) is 6.92 Å². The molecule has 1 aromatic rings. The molecule has 2 nitrogen and oxygen atoms in total. The Labute approximate surface area is 95.4 Å². The van der Waals surface area contributed by atoms with Crippen molar-refractivity contribution in [2.24, 2.45) is 0 Å². The zero-order valence-electron chi connectivity index (χ0n) is 8.39. The van der Waals surface area contributed by atoms with Crippen LogP contribution in [0.1, 0.15) is 12.5 Å². The molecular formula is C10H11BrF2O2. The molecular weight excluding hydrogens is 270 g/mol. The predicted octanol–water partition coefficient (Wildman–Crippen LogP) is 3.08. The number of carbonyl (C=O) groups excluding carboxylic acids is 1. The average Bonchev–Trinajstić information content (AvgIpc) is 2.24. The van der Waals surface area contributed by atoms with E-state index in [4.69, 9.17) is 4.79 Å². The number of aryl methyl sites for hydroxylation is 1. The van der Waals surface area contributed by atoms with Crippen molar-refractivity contribution < 1.29 is 18.3 Å². The molecule has 84 valence electrons. The van der Waals surface area contributed by atoms with Crippen molar-refractivity contribution in [3.63, 3.8) is 0 Å². The molecule has 0 aliphatic heterocycles. The molecule has 1 aromatic carbocycles. The Morgan fingerprint density at radius 1 is 1.40 bits per heavy atom. The van der Waals surface area contributed by atoms with Crippen LogP contribution >= 0.6 is 15.9 Å². The summed E-state index contributed by atoms with van der Waals surface area (Å²) in [5, 5.41) is 0. The number of ether oxygens (including phenoxy) is 1. The second-order valence-electron chi connectivity index (χ2n) is 2.54. The first-order chi connectivity index (χ1) is 7.06. The lowest BCUT2D eigenvalue weighted by Crippen LogP contribution is -1.90. The van der Waals surface area contributed by atoms with Crippen LogP contribution < -0.4 is 0 Å². The summed E-state index contributed by atoms with van der Waals surface area (Å²) >= 11 is 2.89. The van der Waals surface area contributed by atoms with Crippen molar-refractivity contribution in [2.45, 2.75) is 13.3 Å². The number of hydrogen-bond donors (Lipinski definition) is 0. The van der Waals surface area contributed by atoms with Crippen LogP contribution in [0.5, 0.6) is 0 Å². The van der Waals surface area contributed by atoms with Crippen molar-refractivity contribution >= 4 is 22.4 Å². The first kappa shape index (κ1) is 14.0. The minimum atomic E-state index is -0.414. The zero-order chi connectivity index (χ0) is 11.8. The third kappa shape index (κ3) is 4.88. The van der Waals surface area contributed by atoms with Gasteiger partial charge in [0.25, 0.3) is 6.47 Å². The predicted molar refractivity (Wildman–Crippen MR) is 56.5 cm³/mol. The number of hydrogen-bond acceptors (Lipinski definition) is 2. The van der Waals surface area contributed by atoms with E-state index in [1.54, 1.807) is 6.92 Å². The van der Waals surface area contributed by atoms with Crippen LogP contribution in [0.2, 0.25) is 0 Å². The Morgan fingerprint density at radius 2 is 1.93 bits per heavy atom. The minimum absolute atomic E-state index is 0.173. The third-order valence-corrected chi connectivity index (χ3v) is 2.17. The average molecular weight is 281 g/mol. The molecule has 0 atom stereocenters. The highest BCUT2D eigenvalue weighted by Crippen LogP contribution is 2.19. The largest absolute Gasteiger partial charge is 0.471 e. The summed E-state index contributed by atoms with van der Waals surface area (Å²) in [6.07, 6.45) is 0.510. The molecule has 0 N–H and O–H groups in total. The van der Waals surface area contributed by atoms with Gasteiger partial charge in [-0.05, 0) is 40.0 Å². The Bertz CT molecular complexity index is 329. The SMILES string of the molecule is CCc1cc(F)c(Br)cc1F.COC=O. The highest BCUT2D eigenvalue weighted by molar-refractivity contribution is 9.10. The monoisotopic (exact) mass is 280 g/mol. The first-order valence-corrected chi connectivity index (χ1v) is 4.95. The van der Waals surface area contributed by atoms with E-state index < -0.39 is 5.82 Å². The maximum atomic E-state index is 12.8. The Morgan fingerprint density at radius 3 is 2.33 bits per heavy atom. The second-order valence-corrected chi connectivity index (χ2v) is 3.40. The molecule has 0 bridgehead atoms. The highest BCUT2D eigenvalue weighted by Gasteiger charge is 2.05. The van der Waals surface area contributed by atoms with Crippen LogP contribution in [0.25, 0.3) is 0 Å². The molecule has 5 heteroatoms. The van der Waals surface area contributed by atoms with Crippen molar-refractivity contribution in [1.29, 1.82) is 0 Å². The number of methoxy groups -OCH3 is 1. The number of halogens is 3. The molecule has 0 amide bonds. The maximum absolute atomic E-state index is 12.8. The Kier molecular flexibility index (Phi) is 6.86. The summed E-state index contributed by atoms with van der Waals surface area (Å²) in [6, 6.07) is 2.35. The quantitative estimate of drug-likeness (QED) is 0.615. The van der Waals surface area contributed by atoms with Crippen molar-refractivity contribution in [2.75, 3.05) is 7.11 Å². The fraction of sp³-hybridized carbons (Fsp3) is 0.300. The highest BCUT2D eigenvalue weighted by atomic mass is 79.9. The molecule has 0 aliphatic rings. The van der Waals surface area contributed by atoms with Gasteiger partial charge in [-0.25, -0.2) is 8.78 Å². The molecule has 0 fully saturated rings. The lowest BCUT2D eigenvalue weighted by atomic mass is 10.1. The molecule has 0 aromatic heterocycles. The molecule has 0 saturated heterocycles. The fourth-order valence-corrected chi connectivity index (χ4v) is 1.15. The van der Waals surface area contributed by atoms with Crippen LogP contribution in [-0.2, 0) is 16.0 Å². The van der Waals surface area contributed by atoms with E-state index in [1.807, 2.05) is 0 Å². The van der Waals surface area contributed by atoms with Gasteiger partial charge in [-0.15, -0.1) is 0 Å². The smallest absolute Gasteiger partial charge is 0.292 e. The van der Waals surface area contributed by atoms with Gasteiger partial charge in [-0.3, -0.25) is 4.79 Å². The van der Waals surface area contributed by atoms with Crippen molar-refractivity contribution in [1.82, 2.24) is 0 Å². The minimum Gasteiger partial charge on any atom is -0.471 e. The number of benzene rings is 1. The molecule has 1 rings (SSSR count). The summed E-state index contributed by atoms with van der Waals surface area (Å²) in [4.78, 5) is 8.95. The van der Waals surface area contributed by atoms with E-state index in [2.05, 4.69) is 20.7 Å². The van der Waals surface area contributed by atoms with E-state index in [1.165, 1.54) is 13.2 Å². The van der Waals surface area contributed by atoms with Crippen LogP contribution in [0.3, 0.4) is 0 Å². The molecule has 0 aliphatic carbocycles. The van der Waals surface area contributed by atoms with E-state index in [0.29, 0.717) is 18.5 Å². The van der Waals surface area contributed by atoms with Crippen LogP contribution in [0, 0.1) is 11.6 Å². The summed E-state index contributed by atoms with van der Waals surface area (Å²) in [7, 11) is 1.31. The lowest BCUT2D eigenvalue weighted by molar-refractivity contribution is -0.126. The Hall–Kier alpha value is -0.970. The fourth-order valence-electron chi connectivity index (χ4n) is 0.835. The molecule has 0 heterocycles. The van der Waals surface area contributed by atoms with Gasteiger partial charge in [0.05, 0.1) is 11.6 Å². The zero-order valence-corrected chi connectivity index (χ0v) is 9.98. The Balaban J connectivity index is 0.000000423. The molecule has 0 unspecified atom stereocenters. The van der Waals surface area contributed by atoms with Crippen LogP contribution in [0.4, 0.5) is 8.78 Å². The van der Waals surface area contributed by atoms with Crippen LogP contribution in [-0.4, -0.2) is 13.6 Å². The molecule has 0 spiro atoms. The van der Waals surface area contributed by atoms with Crippen molar-refractivity contribution in [3.05, 3.63) is 33.8 Å². The van der Waals surface area contributed by atoms with Crippen molar-refractivity contribution in [3.8, 4) is 0 Å². The second kappa shape index (κ2) is 7.34. The number of rotatable bonds is 2. The van der Waals surface area contributed by atoms with E-state index >= 15 is 0 Å². The molecule has 0 radical (unpaired) electrons. The van der Waals surface area contributed by atoms with Gasteiger partial charge >= 0.3 is 0 Å². The third-order valence-electron chi connectivity index (χ3n) is 1.57. The molecule has 15 heavy (non-hydrogen) atoms. The van der Waals surface area contributed by atoms with E-state index in [9.17, 15) is 8.78 Å². The van der Waals surface area contributed by atoms with E-state index in [-0.39, 0.29) is 10.3 Å². The summed E-state index contributed by atoms with van der Waals surface area (Å²) < 4.78 is 29.6. The van der Waals surface area contributed by atoms with Gasteiger partial charge in [-0.2, -0.15) is 0 Å². The molecule has 0 saturated carbocycles. The van der Waals surface area contributed by atoms with Gasteiger partial charge < -0.3 is 4.74 Å². The van der Waals surface area contributed by atoms with Gasteiger partial charge in [0.15, 0.2) is 0 Å². The lowest BCUT2D eigenvalue weighted by Gasteiger charge is -2.00. The van der Waals surface area contributed by atoms with Gasteiger partial charge in [0.2, 0.25) is 0 Å². The standard InChI is InChI=1S/C8H7BrF2.C2H4O2/c1-2-5-3-8(11)6(9)4-7(5)10;1-4-2-3/h3-4H,2H2,1H3;2H,1H3.